The fraction of sp³-hybridized carbons (Fsp3) is 0.667. The first-order chi connectivity index (χ1) is 4.45. The van der Waals surface area contributed by atoms with Crippen molar-refractivity contribution < 1.29 is 13.2 Å². The highest BCUT2D eigenvalue weighted by Crippen LogP contribution is 2.20. The quantitative estimate of drug-likeness (QED) is 0.602. The van der Waals surface area contributed by atoms with E-state index in [0.29, 0.717) is 5.57 Å². The lowest BCUT2D eigenvalue weighted by Crippen LogP contribution is -2.06. The van der Waals surface area contributed by atoms with E-state index in [1.807, 2.05) is 0 Å². The van der Waals surface area contributed by atoms with Crippen molar-refractivity contribution in [2.45, 2.75) is 19.5 Å². The topological polar surface area (TPSA) is 26.0 Å². The number of hydrogen-bond acceptors (Lipinski definition) is 1. The lowest BCUT2D eigenvalue weighted by Gasteiger charge is -2.01. The molecule has 0 aliphatic heterocycles. The summed E-state index contributed by atoms with van der Waals surface area (Å²) in [6.07, 6.45) is -3.88. The molecule has 0 saturated carbocycles. The Kier molecular flexibility index (Phi) is 3.42. The van der Waals surface area contributed by atoms with E-state index in [-0.39, 0.29) is 6.54 Å². The summed E-state index contributed by atoms with van der Waals surface area (Å²) in [5.41, 5.74) is 5.63. The molecular weight excluding hydrogens is 143 g/mol. The Bertz CT molecular complexity index is 125. The highest BCUT2D eigenvalue weighted by molar-refractivity contribution is 4.99. The SMILES string of the molecule is CC(=CCC(F)(F)F)CN. The van der Waals surface area contributed by atoms with Crippen molar-refractivity contribution in [2.75, 3.05) is 6.54 Å². The summed E-state index contributed by atoms with van der Waals surface area (Å²) in [4.78, 5) is 0. The zero-order valence-electron chi connectivity index (χ0n) is 5.70. The van der Waals surface area contributed by atoms with Gasteiger partial charge in [-0.2, -0.15) is 13.2 Å². The van der Waals surface area contributed by atoms with Crippen molar-refractivity contribution in [1.82, 2.24) is 0 Å². The molecule has 0 aromatic heterocycles. The third-order valence-electron chi connectivity index (χ3n) is 1.00. The molecule has 0 aliphatic carbocycles. The molecule has 0 aromatic rings. The van der Waals surface area contributed by atoms with Gasteiger partial charge in [-0.1, -0.05) is 11.6 Å². The second kappa shape index (κ2) is 3.61. The standard InChI is InChI=1S/C6H10F3N/c1-5(4-10)2-3-6(7,8)9/h2H,3-4,10H2,1H3. The van der Waals surface area contributed by atoms with Gasteiger partial charge in [0.1, 0.15) is 0 Å². The Morgan fingerprint density at radius 3 is 2.30 bits per heavy atom. The predicted molar refractivity (Wildman–Crippen MR) is 33.5 cm³/mol. The summed E-state index contributed by atoms with van der Waals surface area (Å²) in [5.74, 6) is 0. The molecule has 0 unspecified atom stereocenters. The summed E-state index contributed by atoms with van der Waals surface area (Å²) in [5, 5.41) is 0. The average Bonchev–Trinajstić information content (AvgIpc) is 1.81. The number of halogens is 3. The first-order valence-electron chi connectivity index (χ1n) is 2.88. The van der Waals surface area contributed by atoms with E-state index in [9.17, 15) is 13.2 Å². The van der Waals surface area contributed by atoms with Gasteiger partial charge in [0.25, 0.3) is 0 Å². The fourth-order valence-corrected chi connectivity index (χ4v) is 0.373. The van der Waals surface area contributed by atoms with Gasteiger partial charge in [-0.25, -0.2) is 0 Å². The van der Waals surface area contributed by atoms with Gasteiger partial charge >= 0.3 is 6.18 Å². The van der Waals surface area contributed by atoms with E-state index < -0.39 is 12.6 Å². The Morgan fingerprint density at radius 2 is 2.00 bits per heavy atom. The Balaban J connectivity index is 3.73. The molecule has 0 amide bonds. The molecule has 2 N–H and O–H groups in total. The molecular formula is C6H10F3N. The van der Waals surface area contributed by atoms with Crippen LogP contribution in [0.2, 0.25) is 0 Å². The van der Waals surface area contributed by atoms with Crippen molar-refractivity contribution >= 4 is 0 Å². The number of allylic oxidation sites excluding steroid dienone is 1. The van der Waals surface area contributed by atoms with Crippen molar-refractivity contribution in [3.05, 3.63) is 11.6 Å². The van der Waals surface area contributed by atoms with Crippen molar-refractivity contribution in [3.63, 3.8) is 0 Å². The van der Waals surface area contributed by atoms with Crippen LogP contribution in [0.4, 0.5) is 13.2 Å². The van der Waals surface area contributed by atoms with Crippen LogP contribution in [0.3, 0.4) is 0 Å². The van der Waals surface area contributed by atoms with E-state index in [2.05, 4.69) is 0 Å². The molecule has 0 heterocycles. The second-order valence-electron chi connectivity index (χ2n) is 2.07. The smallest absolute Gasteiger partial charge is 0.327 e. The van der Waals surface area contributed by atoms with Gasteiger partial charge in [-0.3, -0.25) is 0 Å². The van der Waals surface area contributed by atoms with Crippen LogP contribution in [0.5, 0.6) is 0 Å². The lowest BCUT2D eigenvalue weighted by atomic mass is 10.2. The number of nitrogens with two attached hydrogens (primary N) is 1. The molecule has 0 radical (unpaired) electrons. The highest BCUT2D eigenvalue weighted by Gasteiger charge is 2.24. The van der Waals surface area contributed by atoms with Crippen LogP contribution in [-0.2, 0) is 0 Å². The van der Waals surface area contributed by atoms with E-state index in [4.69, 9.17) is 5.73 Å². The third kappa shape index (κ3) is 5.62. The third-order valence-corrected chi connectivity index (χ3v) is 1.00. The maximum absolute atomic E-state index is 11.5. The second-order valence-corrected chi connectivity index (χ2v) is 2.07. The van der Waals surface area contributed by atoms with Gasteiger partial charge in [0.05, 0.1) is 6.42 Å². The van der Waals surface area contributed by atoms with Crippen molar-refractivity contribution in [2.24, 2.45) is 5.73 Å². The summed E-state index contributed by atoms with van der Waals surface area (Å²) in [7, 11) is 0. The van der Waals surface area contributed by atoms with Gasteiger partial charge in [-0.05, 0) is 6.92 Å². The number of hydrogen-bond donors (Lipinski definition) is 1. The fourth-order valence-electron chi connectivity index (χ4n) is 0.373. The molecule has 1 nitrogen and oxygen atoms in total. The monoisotopic (exact) mass is 153 g/mol. The molecule has 0 rings (SSSR count). The van der Waals surface area contributed by atoms with Crippen LogP contribution in [-0.4, -0.2) is 12.7 Å². The average molecular weight is 153 g/mol. The van der Waals surface area contributed by atoms with Crippen molar-refractivity contribution in [1.29, 1.82) is 0 Å². The maximum atomic E-state index is 11.5. The summed E-state index contributed by atoms with van der Waals surface area (Å²) in [6.45, 7) is 1.77. The minimum absolute atomic E-state index is 0.191. The van der Waals surface area contributed by atoms with Crippen LogP contribution >= 0.6 is 0 Å². The minimum atomic E-state index is -4.10. The van der Waals surface area contributed by atoms with Gasteiger partial charge < -0.3 is 5.73 Å². The molecule has 0 bridgehead atoms. The van der Waals surface area contributed by atoms with E-state index >= 15 is 0 Å². The van der Waals surface area contributed by atoms with E-state index in [0.717, 1.165) is 6.08 Å². The first-order valence-corrected chi connectivity index (χ1v) is 2.88. The Labute approximate surface area is 57.7 Å². The maximum Gasteiger partial charge on any atom is 0.392 e. The van der Waals surface area contributed by atoms with Crippen molar-refractivity contribution in [3.8, 4) is 0 Å². The Morgan fingerprint density at radius 1 is 1.50 bits per heavy atom. The van der Waals surface area contributed by atoms with Crippen LogP contribution in [0.25, 0.3) is 0 Å². The molecule has 60 valence electrons. The first kappa shape index (κ1) is 9.49. The zero-order valence-corrected chi connectivity index (χ0v) is 5.70. The molecule has 0 spiro atoms. The van der Waals surface area contributed by atoms with Gasteiger partial charge in [-0.15, -0.1) is 0 Å². The van der Waals surface area contributed by atoms with Gasteiger partial charge in [0.15, 0.2) is 0 Å². The lowest BCUT2D eigenvalue weighted by molar-refractivity contribution is -0.125. The van der Waals surface area contributed by atoms with Gasteiger partial charge in [0, 0.05) is 6.54 Å². The number of rotatable bonds is 2. The summed E-state index contributed by atoms with van der Waals surface area (Å²) in [6, 6.07) is 0. The highest BCUT2D eigenvalue weighted by atomic mass is 19.4. The Hall–Kier alpha value is -0.510. The molecule has 0 aromatic carbocycles. The van der Waals surface area contributed by atoms with E-state index in [1.54, 1.807) is 6.92 Å². The van der Waals surface area contributed by atoms with Crippen LogP contribution in [0.1, 0.15) is 13.3 Å². The molecule has 0 saturated heterocycles. The normalized spacial score (nSPS) is 13.9. The number of alkyl halides is 3. The summed E-state index contributed by atoms with van der Waals surface area (Å²) >= 11 is 0. The summed E-state index contributed by atoms with van der Waals surface area (Å²) < 4.78 is 34.4. The molecule has 0 aliphatic rings. The minimum Gasteiger partial charge on any atom is -0.327 e. The molecule has 0 atom stereocenters. The zero-order chi connectivity index (χ0) is 8.20. The predicted octanol–water partition coefficient (Wildman–Crippen LogP) is 1.84. The molecule has 0 fully saturated rings. The largest absolute Gasteiger partial charge is 0.392 e. The van der Waals surface area contributed by atoms with Crippen LogP contribution in [0, 0.1) is 0 Å². The molecule has 10 heavy (non-hydrogen) atoms. The van der Waals surface area contributed by atoms with Gasteiger partial charge in [0.2, 0.25) is 0 Å². The van der Waals surface area contributed by atoms with E-state index in [1.165, 1.54) is 0 Å². The van der Waals surface area contributed by atoms with Crippen LogP contribution < -0.4 is 5.73 Å². The molecule has 4 heteroatoms. The van der Waals surface area contributed by atoms with Crippen LogP contribution in [0.15, 0.2) is 11.6 Å².